The van der Waals surface area contributed by atoms with Gasteiger partial charge in [-0.15, -0.1) is 0 Å². The number of rotatable bonds is 8. The molecular formula is C16H24N4O2S. The van der Waals surface area contributed by atoms with E-state index in [-0.39, 0.29) is 11.3 Å². The SMILES string of the molecule is Cc1cccc2[nH]c(CCN[C@H](C)CNS(=O)(=O)C3CC3)nc12. The Morgan fingerprint density at radius 1 is 1.39 bits per heavy atom. The van der Waals surface area contributed by atoms with Crippen molar-refractivity contribution in [1.82, 2.24) is 20.0 Å². The van der Waals surface area contributed by atoms with Crippen molar-refractivity contribution in [3.63, 3.8) is 0 Å². The first-order chi connectivity index (χ1) is 11.0. The van der Waals surface area contributed by atoms with Crippen molar-refractivity contribution in [3.05, 3.63) is 29.6 Å². The van der Waals surface area contributed by atoms with Gasteiger partial charge in [0.25, 0.3) is 0 Å². The summed E-state index contributed by atoms with van der Waals surface area (Å²) in [6.45, 7) is 5.22. The number of hydrogen-bond donors (Lipinski definition) is 3. The van der Waals surface area contributed by atoms with Gasteiger partial charge in [-0.2, -0.15) is 0 Å². The summed E-state index contributed by atoms with van der Waals surface area (Å²) in [6.07, 6.45) is 2.37. The molecule has 2 aromatic rings. The molecule has 1 aromatic carbocycles. The lowest BCUT2D eigenvalue weighted by Crippen LogP contribution is -2.40. The van der Waals surface area contributed by atoms with E-state index in [0.29, 0.717) is 6.54 Å². The molecule has 0 amide bonds. The van der Waals surface area contributed by atoms with Gasteiger partial charge in [-0.1, -0.05) is 12.1 Å². The molecule has 1 fully saturated rings. The molecule has 7 heteroatoms. The summed E-state index contributed by atoms with van der Waals surface area (Å²) in [5.41, 5.74) is 3.25. The van der Waals surface area contributed by atoms with Crippen molar-refractivity contribution in [2.45, 2.75) is 44.4 Å². The second kappa shape index (κ2) is 6.59. The predicted octanol–water partition coefficient (Wildman–Crippen LogP) is 1.47. The van der Waals surface area contributed by atoms with Gasteiger partial charge in [0, 0.05) is 25.6 Å². The number of benzene rings is 1. The summed E-state index contributed by atoms with van der Waals surface area (Å²) in [6, 6.07) is 6.20. The molecule has 0 bridgehead atoms. The minimum Gasteiger partial charge on any atom is -0.342 e. The van der Waals surface area contributed by atoms with E-state index >= 15 is 0 Å². The Kier molecular flexibility index (Phi) is 4.70. The van der Waals surface area contributed by atoms with Gasteiger partial charge in [-0.3, -0.25) is 0 Å². The summed E-state index contributed by atoms with van der Waals surface area (Å²) in [5.74, 6) is 0.951. The minimum atomic E-state index is -3.09. The van der Waals surface area contributed by atoms with E-state index in [0.717, 1.165) is 42.7 Å². The number of fused-ring (bicyclic) bond motifs is 1. The van der Waals surface area contributed by atoms with E-state index in [9.17, 15) is 8.42 Å². The second-order valence-electron chi connectivity index (χ2n) is 6.35. The van der Waals surface area contributed by atoms with Crippen LogP contribution >= 0.6 is 0 Å². The average Bonchev–Trinajstić information content (AvgIpc) is 3.28. The number of nitrogens with zero attached hydrogens (tertiary/aromatic N) is 1. The van der Waals surface area contributed by atoms with Crippen LogP contribution in [0.25, 0.3) is 11.0 Å². The Morgan fingerprint density at radius 3 is 2.87 bits per heavy atom. The van der Waals surface area contributed by atoms with E-state index in [1.807, 2.05) is 19.1 Å². The maximum absolute atomic E-state index is 11.8. The Hall–Kier alpha value is -1.44. The lowest BCUT2D eigenvalue weighted by molar-refractivity contribution is 0.524. The predicted molar refractivity (Wildman–Crippen MR) is 91.9 cm³/mol. The van der Waals surface area contributed by atoms with Crippen molar-refractivity contribution in [2.75, 3.05) is 13.1 Å². The number of H-pyrrole nitrogens is 1. The third-order valence-corrected chi connectivity index (χ3v) is 6.09. The summed E-state index contributed by atoms with van der Waals surface area (Å²) < 4.78 is 26.2. The number of aromatic nitrogens is 2. The molecule has 1 atom stereocenters. The lowest BCUT2D eigenvalue weighted by Gasteiger charge is -2.14. The molecule has 1 aliphatic rings. The number of nitrogens with one attached hydrogen (secondary N) is 3. The molecule has 0 saturated heterocycles. The standard InChI is InChI=1S/C16H24N4O2S/c1-11-4-3-5-14-16(11)20-15(19-14)8-9-17-12(2)10-18-23(21,22)13-6-7-13/h3-5,12-13,17-18H,6-10H2,1-2H3,(H,19,20)/t12-/m1/s1. The molecule has 23 heavy (non-hydrogen) atoms. The highest BCUT2D eigenvalue weighted by Crippen LogP contribution is 2.27. The Bertz CT molecular complexity index is 780. The summed E-state index contributed by atoms with van der Waals surface area (Å²) in [7, 11) is -3.09. The first-order valence-corrected chi connectivity index (χ1v) is 9.66. The van der Waals surface area contributed by atoms with Crippen molar-refractivity contribution in [3.8, 4) is 0 Å². The monoisotopic (exact) mass is 336 g/mol. The third-order valence-electron chi connectivity index (χ3n) is 4.17. The fourth-order valence-electron chi connectivity index (χ4n) is 2.59. The molecule has 1 heterocycles. The van der Waals surface area contributed by atoms with Gasteiger partial charge in [-0.05, 0) is 38.3 Å². The number of sulfonamides is 1. The van der Waals surface area contributed by atoms with Gasteiger partial charge in [0.15, 0.2) is 0 Å². The molecule has 3 N–H and O–H groups in total. The van der Waals surface area contributed by atoms with Gasteiger partial charge in [0.1, 0.15) is 5.82 Å². The third kappa shape index (κ3) is 4.10. The van der Waals surface area contributed by atoms with Gasteiger partial charge in [0.2, 0.25) is 10.0 Å². The zero-order valence-electron chi connectivity index (χ0n) is 13.6. The fourth-order valence-corrected chi connectivity index (χ4v) is 4.07. The number of hydrogen-bond acceptors (Lipinski definition) is 4. The van der Waals surface area contributed by atoms with Crippen molar-refractivity contribution in [1.29, 1.82) is 0 Å². The highest BCUT2D eigenvalue weighted by Gasteiger charge is 2.35. The zero-order valence-corrected chi connectivity index (χ0v) is 14.4. The molecule has 6 nitrogen and oxygen atoms in total. The van der Waals surface area contributed by atoms with Gasteiger partial charge in [0.05, 0.1) is 16.3 Å². The lowest BCUT2D eigenvalue weighted by atomic mass is 10.2. The molecule has 0 radical (unpaired) electrons. The van der Waals surface area contributed by atoms with Crippen LogP contribution in [-0.4, -0.2) is 42.8 Å². The van der Waals surface area contributed by atoms with Crippen LogP contribution < -0.4 is 10.0 Å². The van der Waals surface area contributed by atoms with Crippen LogP contribution in [-0.2, 0) is 16.4 Å². The van der Waals surface area contributed by atoms with Crippen LogP contribution in [0.15, 0.2) is 18.2 Å². The molecule has 126 valence electrons. The maximum atomic E-state index is 11.8. The van der Waals surface area contributed by atoms with E-state index in [2.05, 4.69) is 33.0 Å². The average molecular weight is 336 g/mol. The van der Waals surface area contributed by atoms with Crippen LogP contribution in [0.4, 0.5) is 0 Å². The number of imidazole rings is 1. The summed E-state index contributed by atoms with van der Waals surface area (Å²) in [5, 5.41) is 3.18. The first kappa shape index (κ1) is 16.4. The van der Waals surface area contributed by atoms with E-state index < -0.39 is 10.0 Å². The topological polar surface area (TPSA) is 86.9 Å². The smallest absolute Gasteiger partial charge is 0.214 e. The molecule has 1 aromatic heterocycles. The fraction of sp³-hybridized carbons (Fsp3) is 0.562. The molecule has 1 aliphatic carbocycles. The van der Waals surface area contributed by atoms with Gasteiger partial charge >= 0.3 is 0 Å². The molecule has 0 unspecified atom stereocenters. The molecule has 1 saturated carbocycles. The van der Waals surface area contributed by atoms with Crippen molar-refractivity contribution < 1.29 is 8.42 Å². The Morgan fingerprint density at radius 2 is 2.17 bits per heavy atom. The highest BCUT2D eigenvalue weighted by atomic mass is 32.2. The zero-order chi connectivity index (χ0) is 16.4. The number of aromatic amines is 1. The first-order valence-electron chi connectivity index (χ1n) is 8.12. The molecular weight excluding hydrogens is 312 g/mol. The second-order valence-corrected chi connectivity index (χ2v) is 8.40. The van der Waals surface area contributed by atoms with E-state index in [1.54, 1.807) is 0 Å². The van der Waals surface area contributed by atoms with E-state index in [1.165, 1.54) is 5.56 Å². The Balaban J connectivity index is 1.45. The highest BCUT2D eigenvalue weighted by molar-refractivity contribution is 7.90. The molecule has 3 rings (SSSR count). The van der Waals surface area contributed by atoms with Gasteiger partial charge < -0.3 is 10.3 Å². The quantitative estimate of drug-likeness (QED) is 0.681. The maximum Gasteiger partial charge on any atom is 0.214 e. The number of aryl methyl sites for hydroxylation is 1. The summed E-state index contributed by atoms with van der Waals surface area (Å²) in [4.78, 5) is 7.95. The minimum absolute atomic E-state index is 0.0923. The van der Waals surface area contributed by atoms with E-state index in [4.69, 9.17) is 0 Å². The van der Waals surface area contributed by atoms with Crippen LogP contribution in [0.3, 0.4) is 0 Å². The van der Waals surface area contributed by atoms with Crippen LogP contribution in [0.1, 0.15) is 31.2 Å². The van der Waals surface area contributed by atoms with Crippen LogP contribution in [0.2, 0.25) is 0 Å². The van der Waals surface area contributed by atoms with Crippen molar-refractivity contribution in [2.24, 2.45) is 0 Å². The van der Waals surface area contributed by atoms with Gasteiger partial charge in [-0.25, -0.2) is 18.1 Å². The molecule has 0 spiro atoms. The van der Waals surface area contributed by atoms with Crippen molar-refractivity contribution >= 4 is 21.1 Å². The van der Waals surface area contributed by atoms with Crippen LogP contribution in [0.5, 0.6) is 0 Å². The summed E-state index contributed by atoms with van der Waals surface area (Å²) >= 11 is 0. The Labute approximate surface area is 137 Å². The number of para-hydroxylation sites is 1. The normalized spacial score (nSPS) is 16.8. The van der Waals surface area contributed by atoms with Crippen LogP contribution in [0, 0.1) is 6.92 Å². The largest absolute Gasteiger partial charge is 0.342 e. The molecule has 0 aliphatic heterocycles.